The minimum atomic E-state index is -4.35. The smallest absolute Gasteiger partial charge is 0.339 e. The molecule has 148 valence electrons. The maximum Gasteiger partial charge on any atom is 0.416 e. The van der Waals surface area contributed by atoms with Gasteiger partial charge in [-0.3, -0.25) is 4.98 Å². The summed E-state index contributed by atoms with van der Waals surface area (Å²) in [6.45, 7) is 0. The average molecular weight is 398 g/mol. The Labute approximate surface area is 164 Å². The van der Waals surface area contributed by atoms with Gasteiger partial charge in [0.15, 0.2) is 0 Å². The molecule has 4 aromatic rings. The number of aromatic nitrogens is 3. The first-order chi connectivity index (χ1) is 13.9. The van der Waals surface area contributed by atoms with Gasteiger partial charge in [0, 0.05) is 35.8 Å². The van der Waals surface area contributed by atoms with Crippen LogP contribution in [0.4, 0.5) is 13.2 Å². The summed E-state index contributed by atoms with van der Waals surface area (Å²) in [5.74, 6) is 0.842. The van der Waals surface area contributed by atoms with Crippen molar-refractivity contribution in [2.75, 3.05) is 0 Å². The number of hydrogen-bond donors (Lipinski definition) is 1. The van der Waals surface area contributed by atoms with Crippen LogP contribution in [0.25, 0.3) is 22.2 Å². The summed E-state index contributed by atoms with van der Waals surface area (Å²) in [4.78, 5) is 8.48. The topological polar surface area (TPSA) is 77.8 Å². The average Bonchev–Trinajstić information content (AvgIpc) is 3.15. The van der Waals surface area contributed by atoms with Gasteiger partial charge < -0.3 is 10.3 Å². The zero-order valence-electron chi connectivity index (χ0n) is 15.2. The van der Waals surface area contributed by atoms with E-state index in [2.05, 4.69) is 15.1 Å². The van der Waals surface area contributed by atoms with Gasteiger partial charge in [0.2, 0.25) is 11.7 Å². The van der Waals surface area contributed by atoms with Crippen molar-refractivity contribution in [1.29, 1.82) is 0 Å². The van der Waals surface area contributed by atoms with Crippen molar-refractivity contribution in [2.45, 2.75) is 25.1 Å². The summed E-state index contributed by atoms with van der Waals surface area (Å²) in [5, 5.41) is 6.04. The van der Waals surface area contributed by atoms with Gasteiger partial charge >= 0.3 is 6.18 Å². The molecular formula is C21H17F3N4O. The van der Waals surface area contributed by atoms with Gasteiger partial charge in [-0.2, -0.15) is 18.2 Å². The van der Waals surface area contributed by atoms with Crippen LogP contribution >= 0.6 is 0 Å². The molecule has 0 fully saturated rings. The van der Waals surface area contributed by atoms with E-state index in [9.17, 15) is 13.2 Å². The fourth-order valence-electron chi connectivity index (χ4n) is 3.11. The Kier molecular flexibility index (Phi) is 5.02. The van der Waals surface area contributed by atoms with E-state index < -0.39 is 11.7 Å². The third-order valence-electron chi connectivity index (χ3n) is 4.58. The summed E-state index contributed by atoms with van der Waals surface area (Å²) in [6.07, 6.45) is -0.126. The van der Waals surface area contributed by atoms with Gasteiger partial charge in [-0.1, -0.05) is 29.4 Å². The lowest BCUT2D eigenvalue weighted by molar-refractivity contribution is -0.137. The lowest BCUT2D eigenvalue weighted by Gasteiger charge is -2.11. The first kappa shape index (κ1) is 19.1. The van der Waals surface area contributed by atoms with Crippen molar-refractivity contribution in [3.63, 3.8) is 0 Å². The lowest BCUT2D eigenvalue weighted by atomic mass is 10.0. The van der Waals surface area contributed by atoms with Crippen molar-refractivity contribution < 1.29 is 17.7 Å². The molecule has 2 aromatic heterocycles. The molecule has 5 nitrogen and oxygen atoms in total. The molecule has 0 saturated heterocycles. The summed E-state index contributed by atoms with van der Waals surface area (Å²) in [5.41, 5.74) is 6.98. The van der Waals surface area contributed by atoms with Crippen molar-refractivity contribution in [3.05, 3.63) is 77.9 Å². The minimum Gasteiger partial charge on any atom is -0.339 e. The molecular weight excluding hydrogens is 381 g/mol. The second-order valence-electron chi connectivity index (χ2n) is 6.81. The Morgan fingerprint density at radius 1 is 0.966 bits per heavy atom. The number of halogens is 3. The maximum absolute atomic E-state index is 12.6. The van der Waals surface area contributed by atoms with Crippen LogP contribution in [0.5, 0.6) is 0 Å². The molecule has 0 spiro atoms. The molecule has 0 amide bonds. The summed E-state index contributed by atoms with van der Waals surface area (Å²) in [6, 6.07) is 12.3. The minimum absolute atomic E-state index is 0.325. The number of benzene rings is 2. The molecule has 0 aliphatic heterocycles. The van der Waals surface area contributed by atoms with Gasteiger partial charge in [0.05, 0.1) is 5.56 Å². The third kappa shape index (κ3) is 4.43. The van der Waals surface area contributed by atoms with Crippen LogP contribution in [0.15, 0.2) is 65.4 Å². The normalized spacial score (nSPS) is 13.0. The van der Waals surface area contributed by atoms with E-state index in [1.165, 1.54) is 12.1 Å². The second-order valence-corrected chi connectivity index (χ2v) is 6.81. The maximum atomic E-state index is 12.6. The van der Waals surface area contributed by atoms with Crippen LogP contribution in [-0.4, -0.2) is 21.2 Å². The van der Waals surface area contributed by atoms with E-state index >= 15 is 0 Å². The van der Waals surface area contributed by atoms with Crippen LogP contribution in [0.3, 0.4) is 0 Å². The van der Waals surface area contributed by atoms with Gasteiger partial charge in [0.25, 0.3) is 0 Å². The summed E-state index contributed by atoms with van der Waals surface area (Å²) < 4.78 is 43.2. The number of nitrogens with zero attached hydrogens (tertiary/aromatic N) is 3. The standard InChI is InChI=1S/C21H17F3N4O/c22-21(23,24)17-5-1-13(2-6-17)9-18(25)11-19-27-20(28-29-19)15-3-4-16-12-26-8-7-14(16)10-15/h1-8,10,12,18H,9,11,25H2/t18-/m0/s1. The Bertz CT molecular complexity index is 1120. The molecule has 29 heavy (non-hydrogen) atoms. The third-order valence-corrected chi connectivity index (χ3v) is 4.58. The quantitative estimate of drug-likeness (QED) is 0.539. The van der Waals surface area contributed by atoms with Crippen molar-refractivity contribution in [1.82, 2.24) is 15.1 Å². The van der Waals surface area contributed by atoms with E-state index in [1.807, 2.05) is 24.3 Å². The van der Waals surface area contributed by atoms with Crippen LogP contribution in [0, 0.1) is 0 Å². The lowest BCUT2D eigenvalue weighted by Crippen LogP contribution is -2.25. The number of fused-ring (bicyclic) bond motifs is 1. The van der Waals surface area contributed by atoms with E-state index in [0.717, 1.165) is 28.5 Å². The highest BCUT2D eigenvalue weighted by atomic mass is 19.4. The molecule has 0 saturated carbocycles. The molecule has 2 aromatic carbocycles. The number of alkyl halides is 3. The predicted octanol–water partition coefficient (Wildman–Crippen LogP) is 4.42. The van der Waals surface area contributed by atoms with Crippen molar-refractivity contribution in [2.24, 2.45) is 5.73 Å². The molecule has 8 heteroatoms. The highest BCUT2D eigenvalue weighted by molar-refractivity contribution is 5.85. The monoisotopic (exact) mass is 398 g/mol. The molecule has 4 rings (SSSR count). The van der Waals surface area contributed by atoms with Gasteiger partial charge in [0.1, 0.15) is 0 Å². The number of rotatable bonds is 5. The van der Waals surface area contributed by atoms with E-state index in [1.54, 1.807) is 12.4 Å². The van der Waals surface area contributed by atoms with Crippen molar-refractivity contribution in [3.8, 4) is 11.4 Å². The highest BCUT2D eigenvalue weighted by Crippen LogP contribution is 2.29. The molecule has 0 aliphatic carbocycles. The SMILES string of the molecule is N[C@@H](Cc1ccc(C(F)(F)F)cc1)Cc1nc(-c2ccc3cnccc3c2)no1. The number of hydrogen-bond acceptors (Lipinski definition) is 5. The molecule has 1 atom stereocenters. The Morgan fingerprint density at radius 3 is 2.52 bits per heavy atom. The number of pyridine rings is 1. The van der Waals surface area contributed by atoms with Crippen LogP contribution < -0.4 is 5.73 Å². The van der Waals surface area contributed by atoms with Gasteiger partial charge in [-0.25, -0.2) is 0 Å². The molecule has 0 radical (unpaired) electrons. The summed E-state index contributed by atoms with van der Waals surface area (Å²) in [7, 11) is 0. The Morgan fingerprint density at radius 2 is 1.76 bits per heavy atom. The summed E-state index contributed by atoms with van der Waals surface area (Å²) >= 11 is 0. The van der Waals surface area contributed by atoms with Crippen molar-refractivity contribution >= 4 is 10.8 Å². The van der Waals surface area contributed by atoms with Crippen LogP contribution in [0.2, 0.25) is 0 Å². The zero-order valence-corrected chi connectivity index (χ0v) is 15.2. The van der Waals surface area contributed by atoms with Gasteiger partial charge in [-0.05, 0) is 41.6 Å². The fraction of sp³-hybridized carbons (Fsp3) is 0.190. The van der Waals surface area contributed by atoms with Gasteiger partial charge in [-0.15, -0.1) is 0 Å². The van der Waals surface area contributed by atoms with E-state index in [4.69, 9.17) is 10.3 Å². The first-order valence-electron chi connectivity index (χ1n) is 8.97. The first-order valence-corrected chi connectivity index (χ1v) is 8.97. The van der Waals surface area contributed by atoms with Crippen LogP contribution in [-0.2, 0) is 19.0 Å². The molecule has 0 aliphatic rings. The second kappa shape index (κ2) is 7.63. The molecule has 0 unspecified atom stereocenters. The molecule has 2 N–H and O–H groups in total. The van der Waals surface area contributed by atoms with E-state index in [-0.39, 0.29) is 6.04 Å². The fourth-order valence-corrected chi connectivity index (χ4v) is 3.11. The molecule has 0 bridgehead atoms. The Balaban J connectivity index is 1.43. The highest BCUT2D eigenvalue weighted by Gasteiger charge is 2.30. The zero-order chi connectivity index (χ0) is 20.4. The largest absolute Gasteiger partial charge is 0.416 e. The van der Waals surface area contributed by atoms with Crippen LogP contribution in [0.1, 0.15) is 17.0 Å². The number of nitrogens with two attached hydrogens (primary N) is 1. The van der Waals surface area contributed by atoms with E-state index in [0.29, 0.717) is 30.1 Å². The Hall–Kier alpha value is -3.26. The molecule has 2 heterocycles. The predicted molar refractivity (Wildman–Crippen MR) is 102 cm³/mol.